The van der Waals surface area contributed by atoms with Crippen LogP contribution in [-0.4, -0.2) is 44.1 Å². The Morgan fingerprint density at radius 1 is 1.33 bits per heavy atom. The standard InChI is InChI=1S/C4H11N5.C4H10O.C3H6.ClH/c1-9(2)4(7)8-3(5)6;1-3-5-4-2;1-3-2;/h1-2H3,(H5,5,6,7,8);3-4H2,1-2H3;3H,1H2,2H3;1H. The molecule has 0 heterocycles. The molecule has 0 radical (unpaired) electrons. The predicted octanol–water partition coefficient (Wildman–Crippen LogP) is 1.62. The van der Waals surface area contributed by atoms with Crippen LogP contribution in [0, 0.1) is 10.8 Å². The second-order valence-corrected chi connectivity index (χ2v) is 2.97. The van der Waals surface area contributed by atoms with Gasteiger partial charge in [-0.1, -0.05) is 6.08 Å². The van der Waals surface area contributed by atoms with Gasteiger partial charge in [-0.3, -0.25) is 16.1 Å². The number of hydrogen-bond donors (Lipinski definition) is 4. The lowest BCUT2D eigenvalue weighted by molar-refractivity contribution is 0.162. The average Bonchev–Trinajstić information content (AvgIpc) is 2.19. The Bertz CT molecular complexity index is 208. The fourth-order valence-electron chi connectivity index (χ4n) is 0.443. The molecule has 18 heavy (non-hydrogen) atoms. The maximum atomic E-state index is 7.07. The number of ether oxygens (including phenoxy) is 1. The molecule has 6 nitrogen and oxygen atoms in total. The van der Waals surface area contributed by atoms with Crippen molar-refractivity contribution >= 4 is 24.3 Å². The average molecular weight is 282 g/mol. The zero-order chi connectivity index (χ0) is 14.3. The fraction of sp³-hybridized carbons (Fsp3) is 0.636. The summed E-state index contributed by atoms with van der Waals surface area (Å²) in [6.07, 6.45) is 1.75. The number of nitrogens with one attached hydrogen (secondary N) is 3. The summed E-state index contributed by atoms with van der Waals surface area (Å²) < 4.78 is 4.83. The molecule has 0 aliphatic rings. The van der Waals surface area contributed by atoms with Crippen molar-refractivity contribution in [3.63, 3.8) is 0 Å². The molecule has 0 aromatic rings. The highest BCUT2D eigenvalue weighted by Gasteiger charge is 1.96. The predicted molar refractivity (Wildman–Crippen MR) is 81.7 cm³/mol. The van der Waals surface area contributed by atoms with Crippen LogP contribution in [0.25, 0.3) is 0 Å². The van der Waals surface area contributed by atoms with Crippen LogP contribution >= 0.6 is 12.4 Å². The smallest absolute Gasteiger partial charge is 0.197 e. The second kappa shape index (κ2) is 21.1. The Hall–Kier alpha value is -1.27. The van der Waals surface area contributed by atoms with Crippen LogP contribution in [0.1, 0.15) is 20.8 Å². The minimum absolute atomic E-state index is 0. The van der Waals surface area contributed by atoms with Crippen LogP contribution < -0.4 is 11.1 Å². The van der Waals surface area contributed by atoms with Crippen molar-refractivity contribution in [2.24, 2.45) is 5.73 Å². The SMILES string of the molecule is C=CC.CCOCC.CN(C)C(=N)NC(=N)N.Cl. The lowest BCUT2D eigenvalue weighted by Crippen LogP contribution is -2.42. The van der Waals surface area contributed by atoms with Crippen LogP contribution in [0.15, 0.2) is 12.7 Å². The summed E-state index contributed by atoms with van der Waals surface area (Å²) in [6.45, 7) is 10.9. The maximum absolute atomic E-state index is 7.07. The number of nitrogens with two attached hydrogens (primary N) is 1. The molecule has 0 saturated carbocycles. The van der Waals surface area contributed by atoms with Gasteiger partial charge < -0.3 is 15.4 Å². The Morgan fingerprint density at radius 2 is 1.67 bits per heavy atom. The van der Waals surface area contributed by atoms with Gasteiger partial charge >= 0.3 is 0 Å². The summed E-state index contributed by atoms with van der Waals surface area (Å²) in [4.78, 5) is 1.52. The lowest BCUT2D eigenvalue weighted by Gasteiger charge is -2.13. The molecule has 0 aromatic carbocycles. The third-order valence-corrected chi connectivity index (χ3v) is 1.11. The highest BCUT2D eigenvalue weighted by atomic mass is 35.5. The summed E-state index contributed by atoms with van der Waals surface area (Å²) in [5.41, 5.74) is 4.94. The molecular formula is C11H28ClN5O. The third kappa shape index (κ3) is 36.4. The molecule has 0 unspecified atom stereocenters. The molecule has 0 atom stereocenters. The molecule has 0 aliphatic heterocycles. The molecule has 0 amide bonds. The van der Waals surface area contributed by atoms with E-state index in [2.05, 4.69) is 11.9 Å². The molecule has 0 bridgehead atoms. The first-order chi connectivity index (χ1) is 7.87. The Morgan fingerprint density at radius 3 is 1.72 bits per heavy atom. The van der Waals surface area contributed by atoms with E-state index in [9.17, 15) is 0 Å². The van der Waals surface area contributed by atoms with Gasteiger partial charge in [-0.2, -0.15) is 0 Å². The van der Waals surface area contributed by atoms with Gasteiger partial charge in [0.25, 0.3) is 0 Å². The lowest BCUT2D eigenvalue weighted by atomic mass is 10.8. The van der Waals surface area contributed by atoms with Crippen molar-refractivity contribution in [3.8, 4) is 0 Å². The first kappa shape index (κ1) is 25.5. The van der Waals surface area contributed by atoms with Gasteiger partial charge in [0.1, 0.15) is 0 Å². The highest BCUT2D eigenvalue weighted by Crippen LogP contribution is 1.70. The van der Waals surface area contributed by atoms with Crippen molar-refractivity contribution < 1.29 is 4.74 Å². The largest absolute Gasteiger partial charge is 0.382 e. The van der Waals surface area contributed by atoms with E-state index in [0.717, 1.165) is 13.2 Å². The topological polar surface area (TPSA) is 98.2 Å². The van der Waals surface area contributed by atoms with Crippen molar-refractivity contribution in [1.29, 1.82) is 10.8 Å². The molecule has 110 valence electrons. The molecule has 0 spiro atoms. The van der Waals surface area contributed by atoms with E-state index in [1.54, 1.807) is 20.2 Å². The van der Waals surface area contributed by atoms with Crippen LogP contribution in [-0.2, 0) is 4.74 Å². The Kier molecular flexibility index (Phi) is 29.9. The molecule has 0 fully saturated rings. The van der Waals surface area contributed by atoms with Crippen molar-refractivity contribution in [3.05, 3.63) is 12.7 Å². The molecule has 5 N–H and O–H groups in total. The fourth-order valence-corrected chi connectivity index (χ4v) is 0.443. The highest BCUT2D eigenvalue weighted by molar-refractivity contribution is 5.94. The van der Waals surface area contributed by atoms with Crippen LogP contribution in [0.2, 0.25) is 0 Å². The van der Waals surface area contributed by atoms with Gasteiger partial charge in [-0.05, 0) is 20.8 Å². The minimum atomic E-state index is -0.214. The Balaban J connectivity index is -0.0000000931. The van der Waals surface area contributed by atoms with Crippen molar-refractivity contribution in [2.45, 2.75) is 20.8 Å². The van der Waals surface area contributed by atoms with Crippen LogP contribution in [0.4, 0.5) is 0 Å². The zero-order valence-corrected chi connectivity index (χ0v) is 12.9. The molecule has 7 heteroatoms. The van der Waals surface area contributed by atoms with E-state index < -0.39 is 0 Å². The number of allylic oxidation sites excluding steroid dienone is 1. The summed E-state index contributed by atoms with van der Waals surface area (Å²) >= 11 is 0. The molecule has 0 aromatic heterocycles. The van der Waals surface area contributed by atoms with Gasteiger partial charge in [0.15, 0.2) is 11.9 Å². The molecule has 0 saturated heterocycles. The minimum Gasteiger partial charge on any atom is -0.382 e. The van der Waals surface area contributed by atoms with E-state index in [1.165, 1.54) is 4.90 Å². The number of nitrogens with zero attached hydrogens (tertiary/aromatic N) is 1. The summed E-state index contributed by atoms with van der Waals surface area (Å²) in [6, 6.07) is 0. The van der Waals surface area contributed by atoms with Gasteiger partial charge in [-0.15, -0.1) is 19.0 Å². The van der Waals surface area contributed by atoms with Crippen LogP contribution in [0.5, 0.6) is 0 Å². The molecule has 0 rings (SSSR count). The van der Waals surface area contributed by atoms with Gasteiger partial charge in [-0.25, -0.2) is 0 Å². The third-order valence-electron chi connectivity index (χ3n) is 1.11. The number of hydrogen-bond acceptors (Lipinski definition) is 3. The van der Waals surface area contributed by atoms with Crippen molar-refractivity contribution in [1.82, 2.24) is 10.2 Å². The zero-order valence-electron chi connectivity index (χ0n) is 12.0. The van der Waals surface area contributed by atoms with E-state index in [0.29, 0.717) is 0 Å². The number of rotatable bonds is 2. The first-order valence-electron chi connectivity index (χ1n) is 5.38. The van der Waals surface area contributed by atoms with E-state index in [-0.39, 0.29) is 24.3 Å². The number of halogens is 1. The normalized spacial score (nSPS) is 7.17. The first-order valence-corrected chi connectivity index (χ1v) is 5.38. The van der Waals surface area contributed by atoms with Gasteiger partial charge in [0.2, 0.25) is 0 Å². The van der Waals surface area contributed by atoms with Gasteiger partial charge in [0, 0.05) is 27.3 Å². The molecular weight excluding hydrogens is 254 g/mol. The Labute approximate surface area is 117 Å². The monoisotopic (exact) mass is 281 g/mol. The maximum Gasteiger partial charge on any atom is 0.197 e. The van der Waals surface area contributed by atoms with E-state index >= 15 is 0 Å². The van der Waals surface area contributed by atoms with E-state index in [4.69, 9.17) is 21.3 Å². The quantitative estimate of drug-likeness (QED) is 0.351. The summed E-state index contributed by atoms with van der Waals surface area (Å²) in [5.74, 6) is -0.101. The van der Waals surface area contributed by atoms with Crippen LogP contribution in [0.3, 0.4) is 0 Å². The summed E-state index contributed by atoms with van der Waals surface area (Å²) in [7, 11) is 3.39. The second-order valence-electron chi connectivity index (χ2n) is 2.97. The number of guanidine groups is 2. The van der Waals surface area contributed by atoms with E-state index in [1.807, 2.05) is 20.8 Å². The van der Waals surface area contributed by atoms with Gasteiger partial charge in [0.05, 0.1) is 0 Å². The molecule has 0 aliphatic carbocycles. The van der Waals surface area contributed by atoms with Crippen molar-refractivity contribution in [2.75, 3.05) is 27.3 Å². The summed E-state index contributed by atoms with van der Waals surface area (Å²) in [5, 5.41) is 16.1.